The van der Waals surface area contributed by atoms with E-state index in [1.165, 1.54) is 13.2 Å². The molecular weight excluding hydrogens is 562 g/mol. The molecule has 6 rings (SSSR count). The average molecular weight is 592 g/mol. The number of carbonyl (C=O) groups is 2. The van der Waals surface area contributed by atoms with Gasteiger partial charge in [-0.1, -0.05) is 42.5 Å². The van der Waals surface area contributed by atoms with E-state index in [2.05, 4.69) is 25.9 Å². The number of ether oxygens (including phenoxy) is 1. The molecule has 5 aromatic rings. The molecular formula is C32H29N7O5. The SMILES string of the molecule is COc1cc(NCc2cccc(C3CCC(=O)NC3=O)c2)c([N+](=O)[O-])cc1Nc1nccc(-c2cn(C)c3ccccc23)n1. The number of piperidine rings is 1. The number of nitrogens with zero attached hydrogens (tertiary/aromatic N) is 4. The van der Waals surface area contributed by atoms with Crippen LogP contribution in [0.2, 0.25) is 0 Å². The number of imide groups is 1. The Bertz CT molecular complexity index is 1920. The quantitative estimate of drug-likeness (QED) is 0.116. The largest absolute Gasteiger partial charge is 0.494 e. The molecule has 0 spiro atoms. The van der Waals surface area contributed by atoms with Gasteiger partial charge >= 0.3 is 0 Å². The first-order valence-corrected chi connectivity index (χ1v) is 14.0. The zero-order chi connectivity index (χ0) is 30.8. The van der Waals surface area contributed by atoms with Gasteiger partial charge in [0.25, 0.3) is 5.69 Å². The molecule has 12 heteroatoms. The third-order valence-corrected chi connectivity index (χ3v) is 7.67. The lowest BCUT2D eigenvalue weighted by Crippen LogP contribution is -2.39. The van der Waals surface area contributed by atoms with E-state index in [-0.39, 0.29) is 42.1 Å². The van der Waals surface area contributed by atoms with E-state index >= 15 is 0 Å². The second-order valence-electron chi connectivity index (χ2n) is 10.5. The van der Waals surface area contributed by atoms with Gasteiger partial charge in [0, 0.05) is 61.0 Å². The topological polar surface area (TPSA) is 153 Å². The predicted molar refractivity (Wildman–Crippen MR) is 166 cm³/mol. The Morgan fingerprint density at radius 2 is 1.93 bits per heavy atom. The Labute approximate surface area is 252 Å². The van der Waals surface area contributed by atoms with Crippen molar-refractivity contribution in [2.24, 2.45) is 7.05 Å². The van der Waals surface area contributed by atoms with E-state index in [4.69, 9.17) is 4.74 Å². The van der Waals surface area contributed by atoms with Crippen molar-refractivity contribution in [3.63, 3.8) is 0 Å². The fourth-order valence-electron chi connectivity index (χ4n) is 5.49. The Balaban J connectivity index is 1.24. The zero-order valence-corrected chi connectivity index (χ0v) is 24.0. The van der Waals surface area contributed by atoms with Gasteiger partial charge in [-0.2, -0.15) is 0 Å². The Kier molecular flexibility index (Phi) is 7.63. The molecule has 222 valence electrons. The first kappa shape index (κ1) is 28.3. The maximum Gasteiger partial charge on any atom is 0.294 e. The van der Waals surface area contributed by atoms with Crippen LogP contribution < -0.4 is 20.7 Å². The molecule has 1 aliphatic heterocycles. The molecule has 0 saturated carbocycles. The Morgan fingerprint density at radius 1 is 1.09 bits per heavy atom. The smallest absolute Gasteiger partial charge is 0.294 e. The lowest BCUT2D eigenvalue weighted by atomic mass is 9.89. The number of nitro benzene ring substituents is 1. The number of aryl methyl sites for hydroxylation is 1. The maximum absolute atomic E-state index is 12.3. The molecule has 44 heavy (non-hydrogen) atoms. The summed E-state index contributed by atoms with van der Waals surface area (Å²) in [5, 5.41) is 21.8. The van der Waals surface area contributed by atoms with Crippen LogP contribution in [0.1, 0.15) is 29.9 Å². The number of anilines is 3. The van der Waals surface area contributed by atoms with Gasteiger partial charge in [-0.25, -0.2) is 9.97 Å². The number of para-hydroxylation sites is 1. The standard InChI is InChI=1S/C32H29N7O5/c1-38-18-23(22-8-3-4-9-27(22)38)24-12-13-33-32(35-24)36-26-15-28(39(42)43)25(16-29(26)44-2)34-17-19-6-5-7-20(14-19)21-10-11-30(40)37-31(21)41/h3-9,12-16,18,21,34H,10-11,17H2,1-2H3,(H,33,35,36)(H,37,40,41). The monoisotopic (exact) mass is 591 g/mol. The third kappa shape index (κ3) is 5.64. The summed E-state index contributed by atoms with van der Waals surface area (Å²) in [6.45, 7) is 0.258. The molecule has 1 saturated heterocycles. The molecule has 1 fully saturated rings. The first-order chi connectivity index (χ1) is 21.3. The normalized spacial score (nSPS) is 14.7. The van der Waals surface area contributed by atoms with Crippen LogP contribution in [0.4, 0.5) is 23.0 Å². The summed E-state index contributed by atoms with van der Waals surface area (Å²) in [4.78, 5) is 44.5. The number of nitrogens with one attached hydrogen (secondary N) is 3. The summed E-state index contributed by atoms with van der Waals surface area (Å²) in [6, 6.07) is 20.2. The van der Waals surface area contributed by atoms with Crippen LogP contribution in [0, 0.1) is 10.1 Å². The van der Waals surface area contributed by atoms with Crippen molar-refractivity contribution in [1.82, 2.24) is 19.9 Å². The summed E-state index contributed by atoms with van der Waals surface area (Å²) in [6.07, 6.45) is 4.35. The summed E-state index contributed by atoms with van der Waals surface area (Å²) in [5.41, 5.74) is 4.73. The highest BCUT2D eigenvalue weighted by atomic mass is 16.6. The molecule has 1 atom stereocenters. The average Bonchev–Trinajstić information content (AvgIpc) is 3.36. The van der Waals surface area contributed by atoms with E-state index in [0.29, 0.717) is 23.6 Å². The summed E-state index contributed by atoms with van der Waals surface area (Å²) in [7, 11) is 3.45. The van der Waals surface area contributed by atoms with Crippen molar-refractivity contribution in [3.05, 3.63) is 100 Å². The van der Waals surface area contributed by atoms with Crippen LogP contribution in [0.15, 0.2) is 79.1 Å². The molecule has 3 heterocycles. The van der Waals surface area contributed by atoms with Gasteiger partial charge in [0.1, 0.15) is 11.4 Å². The van der Waals surface area contributed by atoms with Crippen LogP contribution in [0.25, 0.3) is 22.2 Å². The Hall–Kier alpha value is -5.78. The van der Waals surface area contributed by atoms with E-state index in [1.807, 2.05) is 72.4 Å². The number of hydrogen-bond donors (Lipinski definition) is 3. The lowest BCUT2D eigenvalue weighted by molar-refractivity contribution is -0.383. The van der Waals surface area contributed by atoms with Crippen molar-refractivity contribution in [1.29, 1.82) is 0 Å². The minimum absolute atomic E-state index is 0.167. The first-order valence-electron chi connectivity index (χ1n) is 14.0. The number of methoxy groups -OCH3 is 1. The minimum atomic E-state index is -0.472. The third-order valence-electron chi connectivity index (χ3n) is 7.67. The van der Waals surface area contributed by atoms with E-state index < -0.39 is 10.8 Å². The molecule has 3 aromatic carbocycles. The van der Waals surface area contributed by atoms with Crippen LogP contribution in [0.5, 0.6) is 5.75 Å². The summed E-state index contributed by atoms with van der Waals surface area (Å²) in [5.74, 6) is -0.397. The fourth-order valence-corrected chi connectivity index (χ4v) is 5.49. The fraction of sp³-hybridized carbons (Fsp3) is 0.188. The molecule has 3 N–H and O–H groups in total. The van der Waals surface area contributed by atoms with E-state index in [9.17, 15) is 19.7 Å². The number of hydrogen-bond acceptors (Lipinski definition) is 9. The Morgan fingerprint density at radius 3 is 2.73 bits per heavy atom. The molecule has 2 aromatic heterocycles. The molecule has 0 radical (unpaired) electrons. The summed E-state index contributed by atoms with van der Waals surface area (Å²) >= 11 is 0. The number of rotatable bonds is 9. The number of nitro groups is 1. The molecule has 1 unspecified atom stereocenters. The van der Waals surface area contributed by atoms with Crippen molar-refractivity contribution >= 4 is 45.7 Å². The van der Waals surface area contributed by atoms with Gasteiger partial charge in [-0.05, 0) is 29.7 Å². The summed E-state index contributed by atoms with van der Waals surface area (Å²) < 4.78 is 7.61. The van der Waals surface area contributed by atoms with Gasteiger partial charge in [-0.3, -0.25) is 25.0 Å². The second-order valence-corrected chi connectivity index (χ2v) is 10.5. The van der Waals surface area contributed by atoms with E-state index in [1.54, 1.807) is 12.3 Å². The second kappa shape index (κ2) is 11.8. The van der Waals surface area contributed by atoms with Crippen molar-refractivity contribution in [3.8, 4) is 17.0 Å². The van der Waals surface area contributed by atoms with Gasteiger partial charge in [0.15, 0.2) is 0 Å². The molecule has 0 bridgehead atoms. The molecule has 1 aliphatic rings. The highest BCUT2D eigenvalue weighted by molar-refractivity contribution is 6.01. The molecule has 12 nitrogen and oxygen atoms in total. The minimum Gasteiger partial charge on any atom is -0.494 e. The van der Waals surface area contributed by atoms with Gasteiger partial charge in [-0.15, -0.1) is 0 Å². The zero-order valence-electron chi connectivity index (χ0n) is 24.0. The van der Waals surface area contributed by atoms with Crippen LogP contribution in [-0.4, -0.2) is 38.4 Å². The van der Waals surface area contributed by atoms with Crippen molar-refractivity contribution in [2.45, 2.75) is 25.3 Å². The van der Waals surface area contributed by atoms with Crippen molar-refractivity contribution < 1.29 is 19.2 Å². The number of benzene rings is 3. The molecule has 2 amide bonds. The predicted octanol–water partition coefficient (Wildman–Crippen LogP) is 5.43. The molecule has 0 aliphatic carbocycles. The lowest BCUT2D eigenvalue weighted by Gasteiger charge is -2.21. The number of aromatic nitrogens is 3. The van der Waals surface area contributed by atoms with Crippen LogP contribution >= 0.6 is 0 Å². The highest BCUT2D eigenvalue weighted by Crippen LogP contribution is 2.38. The number of amides is 2. The highest BCUT2D eigenvalue weighted by Gasteiger charge is 2.28. The van der Waals surface area contributed by atoms with Gasteiger partial charge < -0.3 is 19.9 Å². The van der Waals surface area contributed by atoms with Crippen LogP contribution in [0.3, 0.4) is 0 Å². The van der Waals surface area contributed by atoms with Crippen molar-refractivity contribution in [2.75, 3.05) is 17.7 Å². The van der Waals surface area contributed by atoms with Crippen LogP contribution in [-0.2, 0) is 23.2 Å². The van der Waals surface area contributed by atoms with Gasteiger partial charge in [0.05, 0.1) is 29.3 Å². The van der Waals surface area contributed by atoms with Gasteiger partial charge in [0.2, 0.25) is 17.8 Å². The maximum atomic E-state index is 12.3. The number of carbonyl (C=O) groups excluding carboxylic acids is 2. The van der Waals surface area contributed by atoms with E-state index in [0.717, 1.165) is 27.6 Å². The number of fused-ring (bicyclic) bond motifs is 1.